The van der Waals surface area contributed by atoms with E-state index in [1.54, 1.807) is 28.1 Å². The number of carbonyl (C=O) groups is 4. The highest BCUT2D eigenvalue weighted by molar-refractivity contribution is 6.39. The van der Waals surface area contributed by atoms with Gasteiger partial charge >= 0.3 is 5.97 Å². The summed E-state index contributed by atoms with van der Waals surface area (Å²) in [7, 11) is 4.65. The third kappa shape index (κ3) is 14.5. The summed E-state index contributed by atoms with van der Waals surface area (Å²) in [5.74, 6) is -6.22. The molecule has 2 bridgehead atoms. The number of rotatable bonds is 6. The van der Waals surface area contributed by atoms with E-state index in [9.17, 15) is 34.5 Å². The molecule has 16 atom stereocenters. The molecule has 3 aliphatic heterocycles. The number of amides is 1. The number of nitrogens with zero attached hydrogens (tertiary/aromatic N) is 1. The number of cyclic esters (lactones) is 1. The maximum absolute atomic E-state index is 14.5. The van der Waals surface area contributed by atoms with Gasteiger partial charge in [0, 0.05) is 46.1 Å². The number of Topliss-reactive ketones (excluding diaryl/α,β-unsaturated/α-hetero) is 2. The molecule has 4 aliphatic rings. The molecule has 0 spiro atoms. The topological polar surface area (TPSA) is 178 Å². The van der Waals surface area contributed by atoms with Gasteiger partial charge in [0.2, 0.25) is 5.79 Å². The molecule has 3 heterocycles. The lowest BCUT2D eigenvalue weighted by molar-refractivity contribution is -0.265. The highest BCUT2D eigenvalue weighted by Crippen LogP contribution is 2.38. The summed E-state index contributed by atoms with van der Waals surface area (Å²) >= 11 is 0. The van der Waals surface area contributed by atoms with Crippen LogP contribution in [0.5, 0.6) is 0 Å². The van der Waals surface area contributed by atoms with E-state index in [-0.39, 0.29) is 53.9 Å². The van der Waals surface area contributed by atoms with E-state index in [1.165, 1.54) is 12.0 Å². The minimum Gasteiger partial charge on any atom is -0.461 e. The number of aliphatic hydroxyl groups excluding tert-OH is 2. The van der Waals surface area contributed by atoms with Crippen molar-refractivity contribution in [3.63, 3.8) is 0 Å². The zero-order valence-corrected chi connectivity index (χ0v) is 41.3. The molecule has 1 aliphatic carbocycles. The van der Waals surface area contributed by atoms with Gasteiger partial charge in [0.05, 0.1) is 24.4 Å². The summed E-state index contributed by atoms with van der Waals surface area (Å²) in [5, 5.41) is 34.0. The minimum absolute atomic E-state index is 0.0554. The molecule has 0 radical (unpaired) electrons. The Bertz CT molecular complexity index is 1710. The van der Waals surface area contributed by atoms with Crippen LogP contribution >= 0.6 is 0 Å². The zero-order valence-electron chi connectivity index (χ0n) is 41.3. The molecule has 2 saturated heterocycles. The fourth-order valence-electron chi connectivity index (χ4n) is 10.4. The van der Waals surface area contributed by atoms with Crippen molar-refractivity contribution in [2.24, 2.45) is 41.4 Å². The maximum Gasteiger partial charge on any atom is 0.329 e. The van der Waals surface area contributed by atoms with Crippen LogP contribution in [0.3, 0.4) is 0 Å². The number of carbonyl (C=O) groups excluding carboxylic acids is 4. The normalized spacial score (nSPS) is 40.2. The Balaban J connectivity index is 1.70. The number of allylic oxidation sites excluding steroid dienone is 6. The largest absolute Gasteiger partial charge is 0.461 e. The molecule has 368 valence electrons. The predicted molar refractivity (Wildman–Crippen MR) is 249 cm³/mol. The molecule has 13 nitrogen and oxygen atoms in total. The third-order valence-corrected chi connectivity index (χ3v) is 15.1. The van der Waals surface area contributed by atoms with Crippen molar-refractivity contribution in [2.45, 2.75) is 187 Å². The van der Waals surface area contributed by atoms with Gasteiger partial charge in [0.25, 0.3) is 11.7 Å². The highest BCUT2D eigenvalue weighted by atomic mass is 16.6. The molecule has 2 unspecified atom stereocenters. The molecule has 65 heavy (non-hydrogen) atoms. The van der Waals surface area contributed by atoms with Crippen molar-refractivity contribution in [3.8, 4) is 0 Å². The lowest BCUT2D eigenvalue weighted by atomic mass is 9.77. The SMILES string of the molecule is CO[C@H]1C[C@@H]2CC[C@@H](C)[C@@](O)(O2)C(=O)C(=O)N2CCCCC2C(=O)O[C@H]([C@H](C)C[C@@H]2CC[C@@H](O)[C@H](OC)C2)CC(C)[C@H](C)/C=C(\C)[C@@H](O)[C@@H](OC)C(=O)[C@H](C)C[C@H](C)/C=C/C=CC=C1C. The molecule has 3 fully saturated rings. The molecule has 0 aromatic heterocycles. The maximum atomic E-state index is 14.5. The average Bonchev–Trinajstić information content (AvgIpc) is 3.28. The van der Waals surface area contributed by atoms with Crippen LogP contribution in [-0.4, -0.2) is 126 Å². The van der Waals surface area contributed by atoms with E-state index in [2.05, 4.69) is 13.8 Å². The number of piperidine rings is 1. The number of fused-ring (bicyclic) bond motifs is 3. The first-order valence-corrected chi connectivity index (χ1v) is 24.4. The highest BCUT2D eigenvalue weighted by Gasteiger charge is 2.53. The zero-order chi connectivity index (χ0) is 48.2. The second kappa shape index (κ2) is 25.4. The van der Waals surface area contributed by atoms with Crippen LogP contribution in [0, 0.1) is 41.4 Å². The van der Waals surface area contributed by atoms with E-state index in [0.29, 0.717) is 76.2 Å². The molecule has 1 amide bonds. The van der Waals surface area contributed by atoms with Crippen molar-refractivity contribution in [2.75, 3.05) is 27.9 Å². The summed E-state index contributed by atoms with van der Waals surface area (Å²) in [4.78, 5) is 58.0. The monoisotopic (exact) mass is 914 g/mol. The predicted octanol–water partition coefficient (Wildman–Crippen LogP) is 7.25. The summed E-state index contributed by atoms with van der Waals surface area (Å²) in [6, 6.07) is -1.03. The van der Waals surface area contributed by atoms with Crippen LogP contribution < -0.4 is 0 Å². The Morgan fingerprint density at radius 1 is 0.831 bits per heavy atom. The quantitative estimate of drug-likeness (QED) is 0.138. The number of hydrogen-bond acceptors (Lipinski definition) is 12. The van der Waals surface area contributed by atoms with Crippen LogP contribution in [0.15, 0.2) is 47.6 Å². The second-order valence-electron chi connectivity index (χ2n) is 20.2. The fraction of sp³-hybridized carbons (Fsp3) is 0.769. The Morgan fingerprint density at radius 2 is 1.55 bits per heavy atom. The summed E-state index contributed by atoms with van der Waals surface area (Å²) in [5.41, 5.74) is 1.51. The number of ketones is 2. The Morgan fingerprint density at radius 3 is 2.23 bits per heavy atom. The van der Waals surface area contributed by atoms with Crippen molar-refractivity contribution in [3.05, 3.63) is 47.6 Å². The van der Waals surface area contributed by atoms with Gasteiger partial charge in [-0.1, -0.05) is 78.0 Å². The minimum atomic E-state index is -2.38. The number of hydrogen-bond donors (Lipinski definition) is 3. The van der Waals surface area contributed by atoms with E-state index < -0.39 is 72.0 Å². The fourth-order valence-corrected chi connectivity index (χ4v) is 10.4. The Labute approximate surface area is 389 Å². The number of aliphatic hydroxyl groups is 3. The van der Waals surface area contributed by atoms with Gasteiger partial charge in [0.15, 0.2) is 5.78 Å². The molecular formula is C52H83NO12. The van der Waals surface area contributed by atoms with Gasteiger partial charge in [-0.15, -0.1) is 0 Å². The van der Waals surface area contributed by atoms with Crippen LogP contribution in [0.2, 0.25) is 0 Å². The van der Waals surface area contributed by atoms with Crippen molar-refractivity contribution in [1.29, 1.82) is 0 Å². The van der Waals surface area contributed by atoms with Gasteiger partial charge in [-0.25, -0.2) is 4.79 Å². The second-order valence-corrected chi connectivity index (χ2v) is 20.2. The van der Waals surface area contributed by atoms with Gasteiger partial charge in [-0.3, -0.25) is 14.4 Å². The molecular weight excluding hydrogens is 831 g/mol. The van der Waals surface area contributed by atoms with E-state index in [1.807, 2.05) is 64.2 Å². The number of ether oxygens (including phenoxy) is 5. The molecule has 1 saturated carbocycles. The molecule has 0 aromatic rings. The first-order valence-electron chi connectivity index (χ1n) is 24.4. The lowest BCUT2D eigenvalue weighted by Gasteiger charge is -2.43. The van der Waals surface area contributed by atoms with E-state index in [0.717, 1.165) is 12.0 Å². The Hall–Kier alpha value is -3.04. The van der Waals surface area contributed by atoms with E-state index >= 15 is 0 Å². The van der Waals surface area contributed by atoms with Gasteiger partial charge < -0.3 is 43.9 Å². The van der Waals surface area contributed by atoms with E-state index in [4.69, 9.17) is 23.7 Å². The van der Waals surface area contributed by atoms with Crippen LogP contribution in [-0.2, 0) is 42.9 Å². The molecule has 0 aromatic carbocycles. The molecule has 3 N–H and O–H groups in total. The van der Waals surface area contributed by atoms with Crippen LogP contribution in [0.1, 0.15) is 132 Å². The van der Waals surface area contributed by atoms with Gasteiger partial charge in [-0.2, -0.15) is 0 Å². The summed E-state index contributed by atoms with van der Waals surface area (Å²) in [6.07, 6.45) is 13.8. The average molecular weight is 914 g/mol. The van der Waals surface area contributed by atoms with Gasteiger partial charge in [-0.05, 0) is 125 Å². The smallest absolute Gasteiger partial charge is 0.329 e. The van der Waals surface area contributed by atoms with Crippen LogP contribution in [0.4, 0.5) is 0 Å². The van der Waals surface area contributed by atoms with Crippen molar-refractivity contribution in [1.82, 2.24) is 4.90 Å². The van der Waals surface area contributed by atoms with Crippen molar-refractivity contribution < 1.29 is 58.2 Å². The number of methoxy groups -OCH3 is 3. The number of esters is 1. The lowest BCUT2D eigenvalue weighted by Crippen LogP contribution is -2.61. The van der Waals surface area contributed by atoms with Gasteiger partial charge in [0.1, 0.15) is 24.4 Å². The van der Waals surface area contributed by atoms with Crippen molar-refractivity contribution >= 4 is 23.4 Å². The summed E-state index contributed by atoms with van der Waals surface area (Å²) in [6.45, 7) is 15.7. The summed E-state index contributed by atoms with van der Waals surface area (Å²) < 4.78 is 29.8. The Kier molecular flexibility index (Phi) is 21.3. The third-order valence-electron chi connectivity index (χ3n) is 15.1. The van der Waals surface area contributed by atoms with Crippen LogP contribution in [0.25, 0.3) is 0 Å². The first kappa shape index (κ1) is 54.6. The standard InChI is InChI=1S/C52H83NO12/c1-31-17-13-12-14-18-32(2)43(61-9)30-40-22-20-38(8)52(60,65-40)49(57)50(58)53-24-16-15-19-41(53)51(59)64-44(35(5)27-39-21-23-42(54)45(29-39)62-10)28-34(4)33(3)26-37(7)47(56)48(63-11)46(55)36(6)25-31/h12-14,17-18,26,31,33-36,38-45,47-48,54,56,60H,15-16,19-25,27-30H2,1-11H3/b14-12?,17-13+,32-18?,37-26+/t31-,33-,34?,35-,36-,38-,39+,40+,41?,42-,43+,44+,45-,47-,48+,52-/m1/s1. The molecule has 4 rings (SSSR count). The molecule has 13 heteroatoms. The first-order chi connectivity index (χ1) is 30.7.